The molecule has 1 unspecified atom stereocenters. The van der Waals surface area contributed by atoms with Gasteiger partial charge >= 0.3 is 0 Å². The minimum Gasteiger partial charge on any atom is -0.381 e. The van der Waals surface area contributed by atoms with Gasteiger partial charge in [0, 0.05) is 23.2 Å². The lowest BCUT2D eigenvalue weighted by Gasteiger charge is -2.17. The number of nitro groups is 1. The Morgan fingerprint density at radius 1 is 1.41 bits per heavy atom. The van der Waals surface area contributed by atoms with Crippen molar-refractivity contribution in [3.63, 3.8) is 0 Å². The molecule has 7 heteroatoms. The van der Waals surface area contributed by atoms with Crippen molar-refractivity contribution in [2.45, 2.75) is 40.2 Å². The highest BCUT2D eigenvalue weighted by Gasteiger charge is 2.17. The number of hydrogen-bond donors (Lipinski definition) is 1. The Bertz CT molecular complexity index is 693. The molecule has 2 aromatic rings. The molecule has 0 spiro atoms. The van der Waals surface area contributed by atoms with Gasteiger partial charge in [-0.3, -0.25) is 10.1 Å². The Hall–Kier alpha value is -2.08. The van der Waals surface area contributed by atoms with Crippen LogP contribution in [0.1, 0.15) is 29.5 Å². The van der Waals surface area contributed by atoms with Gasteiger partial charge in [-0.1, -0.05) is 16.8 Å². The van der Waals surface area contributed by atoms with Crippen LogP contribution in [0.4, 0.5) is 11.4 Å². The molecular weight excluding hydrogens is 306 g/mol. The van der Waals surface area contributed by atoms with Gasteiger partial charge in [-0.15, -0.1) is 0 Å². The molecule has 6 nitrogen and oxygen atoms in total. The number of nitro benzene ring substituents is 1. The van der Waals surface area contributed by atoms with Crippen LogP contribution in [0.5, 0.6) is 0 Å². The number of nitrogens with one attached hydrogen (secondary N) is 1. The average Bonchev–Trinajstić information content (AvgIpc) is 2.74. The van der Waals surface area contributed by atoms with Crippen LogP contribution >= 0.6 is 11.6 Å². The van der Waals surface area contributed by atoms with Crippen LogP contribution in [0.3, 0.4) is 0 Å². The van der Waals surface area contributed by atoms with Crippen molar-refractivity contribution < 1.29 is 9.45 Å². The maximum Gasteiger partial charge on any atom is 0.273 e. The second-order valence-corrected chi connectivity index (χ2v) is 5.84. The van der Waals surface area contributed by atoms with Gasteiger partial charge in [0.1, 0.15) is 5.76 Å². The quantitative estimate of drug-likeness (QED) is 0.658. The molecule has 0 aliphatic carbocycles. The summed E-state index contributed by atoms with van der Waals surface area (Å²) in [5.41, 5.74) is 3.21. The van der Waals surface area contributed by atoms with E-state index in [2.05, 4.69) is 10.5 Å². The lowest BCUT2D eigenvalue weighted by molar-refractivity contribution is -0.385. The van der Waals surface area contributed by atoms with Gasteiger partial charge in [-0.2, -0.15) is 0 Å². The molecule has 0 saturated heterocycles. The lowest BCUT2D eigenvalue weighted by atomic mass is 10.1. The number of halogens is 1. The monoisotopic (exact) mass is 323 g/mol. The molecule has 1 heterocycles. The first-order valence-corrected chi connectivity index (χ1v) is 7.30. The van der Waals surface area contributed by atoms with Gasteiger partial charge < -0.3 is 9.84 Å². The molecule has 1 aromatic heterocycles. The Labute approximate surface area is 133 Å². The zero-order valence-corrected chi connectivity index (χ0v) is 13.7. The van der Waals surface area contributed by atoms with Crippen LogP contribution in [0.2, 0.25) is 5.02 Å². The number of nitrogens with zero attached hydrogens (tertiary/aromatic N) is 2. The first-order chi connectivity index (χ1) is 10.3. The van der Waals surface area contributed by atoms with Crippen LogP contribution in [0.25, 0.3) is 0 Å². The summed E-state index contributed by atoms with van der Waals surface area (Å²) in [5, 5.41) is 18.5. The van der Waals surface area contributed by atoms with Gasteiger partial charge in [0.15, 0.2) is 0 Å². The molecule has 1 atom stereocenters. The second-order valence-electron chi connectivity index (χ2n) is 5.43. The second kappa shape index (κ2) is 6.36. The van der Waals surface area contributed by atoms with Crippen molar-refractivity contribution >= 4 is 23.0 Å². The topological polar surface area (TPSA) is 81.2 Å². The lowest BCUT2D eigenvalue weighted by Crippen LogP contribution is -2.19. The number of aromatic nitrogens is 1. The van der Waals surface area contributed by atoms with Crippen LogP contribution in [0, 0.1) is 30.9 Å². The van der Waals surface area contributed by atoms with Crippen molar-refractivity contribution in [2.75, 3.05) is 5.32 Å². The number of aryl methyl sites for hydroxylation is 3. The van der Waals surface area contributed by atoms with Gasteiger partial charge in [0.25, 0.3) is 5.69 Å². The van der Waals surface area contributed by atoms with Crippen LogP contribution in [0.15, 0.2) is 16.7 Å². The summed E-state index contributed by atoms with van der Waals surface area (Å²) < 4.78 is 5.15. The molecule has 0 amide bonds. The number of hydrogen-bond acceptors (Lipinski definition) is 5. The highest BCUT2D eigenvalue weighted by atomic mass is 35.5. The molecule has 1 aromatic carbocycles. The molecular formula is C15H18ClN3O3. The number of benzene rings is 1. The third-order valence-electron chi connectivity index (χ3n) is 3.58. The van der Waals surface area contributed by atoms with Crippen molar-refractivity contribution in [2.24, 2.45) is 0 Å². The molecule has 0 fully saturated rings. The molecule has 0 radical (unpaired) electrons. The van der Waals surface area contributed by atoms with Gasteiger partial charge in [-0.25, -0.2) is 0 Å². The third kappa shape index (κ3) is 3.39. The minimum atomic E-state index is -0.432. The zero-order valence-electron chi connectivity index (χ0n) is 12.9. The van der Waals surface area contributed by atoms with E-state index in [1.54, 1.807) is 13.0 Å². The molecule has 118 valence electrons. The standard InChI is InChI=1S/C15H18ClN3O3/c1-8-5-14(13(16)7-15(8)19(20)21)17-9(2)6-12-10(3)18-22-11(12)4/h5,7,9,17H,6H2,1-4H3. The van der Waals surface area contributed by atoms with E-state index in [1.807, 2.05) is 20.8 Å². The Morgan fingerprint density at radius 2 is 2.09 bits per heavy atom. The fourth-order valence-electron chi connectivity index (χ4n) is 2.39. The van der Waals surface area contributed by atoms with Crippen molar-refractivity contribution in [1.29, 1.82) is 0 Å². The van der Waals surface area contributed by atoms with Gasteiger partial charge in [0.2, 0.25) is 0 Å². The summed E-state index contributed by atoms with van der Waals surface area (Å²) in [6, 6.07) is 3.15. The van der Waals surface area contributed by atoms with Gasteiger partial charge in [-0.05, 0) is 40.2 Å². The predicted molar refractivity (Wildman–Crippen MR) is 85.6 cm³/mol. The van der Waals surface area contributed by atoms with E-state index >= 15 is 0 Å². The van der Waals surface area contributed by atoms with Crippen LogP contribution in [-0.2, 0) is 6.42 Å². The summed E-state index contributed by atoms with van der Waals surface area (Å²) in [6.45, 7) is 7.49. The van der Waals surface area contributed by atoms with Crippen LogP contribution < -0.4 is 5.32 Å². The van der Waals surface area contributed by atoms with E-state index in [4.69, 9.17) is 16.1 Å². The summed E-state index contributed by atoms with van der Waals surface area (Å²) in [4.78, 5) is 10.5. The fourth-order valence-corrected chi connectivity index (χ4v) is 2.61. The third-order valence-corrected chi connectivity index (χ3v) is 3.89. The highest BCUT2D eigenvalue weighted by molar-refractivity contribution is 6.33. The van der Waals surface area contributed by atoms with E-state index in [0.717, 1.165) is 23.4 Å². The fraction of sp³-hybridized carbons (Fsp3) is 0.400. The van der Waals surface area contributed by atoms with Crippen LogP contribution in [-0.4, -0.2) is 16.1 Å². The highest BCUT2D eigenvalue weighted by Crippen LogP contribution is 2.31. The summed E-state index contributed by atoms with van der Waals surface area (Å²) in [7, 11) is 0. The van der Waals surface area contributed by atoms with Gasteiger partial charge in [0.05, 0.1) is 21.3 Å². The van der Waals surface area contributed by atoms with Crippen molar-refractivity contribution in [3.8, 4) is 0 Å². The molecule has 0 aliphatic heterocycles. The first-order valence-electron chi connectivity index (χ1n) is 6.92. The normalized spacial score (nSPS) is 12.2. The maximum atomic E-state index is 10.9. The maximum absolute atomic E-state index is 10.9. The van der Waals surface area contributed by atoms with E-state index in [1.165, 1.54) is 6.07 Å². The summed E-state index contributed by atoms with van der Waals surface area (Å²) in [6.07, 6.45) is 0.730. The zero-order chi connectivity index (χ0) is 16.4. The first kappa shape index (κ1) is 16.3. The largest absolute Gasteiger partial charge is 0.381 e. The van der Waals surface area contributed by atoms with Crippen molar-refractivity contribution in [3.05, 3.63) is 49.9 Å². The van der Waals surface area contributed by atoms with E-state index in [0.29, 0.717) is 16.3 Å². The number of anilines is 1. The average molecular weight is 324 g/mol. The van der Waals surface area contributed by atoms with E-state index in [9.17, 15) is 10.1 Å². The molecule has 22 heavy (non-hydrogen) atoms. The molecule has 1 N–H and O–H groups in total. The van der Waals surface area contributed by atoms with E-state index < -0.39 is 4.92 Å². The SMILES string of the molecule is Cc1cc(NC(C)Cc2c(C)noc2C)c(Cl)cc1[N+](=O)[O-]. The Balaban J connectivity index is 2.17. The molecule has 2 rings (SSSR count). The summed E-state index contributed by atoms with van der Waals surface area (Å²) >= 11 is 6.14. The Morgan fingerprint density at radius 3 is 2.64 bits per heavy atom. The minimum absolute atomic E-state index is 0.0222. The molecule has 0 aliphatic rings. The molecule has 0 bridgehead atoms. The van der Waals surface area contributed by atoms with Crippen molar-refractivity contribution in [1.82, 2.24) is 5.16 Å². The summed E-state index contributed by atoms with van der Waals surface area (Å²) in [5.74, 6) is 0.803. The predicted octanol–water partition coefficient (Wildman–Crippen LogP) is 4.20. The van der Waals surface area contributed by atoms with E-state index in [-0.39, 0.29) is 11.7 Å². The number of rotatable bonds is 5. The molecule has 0 saturated carbocycles. The Kier molecular flexibility index (Phi) is 4.71. The smallest absolute Gasteiger partial charge is 0.273 e.